The monoisotopic (exact) mass is 164 g/mol. The Labute approximate surface area is 72.9 Å². The number of nitriles is 1. The van der Waals surface area contributed by atoms with Crippen molar-refractivity contribution < 1.29 is 4.57 Å². The Balaban J connectivity index is 2.59. The van der Waals surface area contributed by atoms with Gasteiger partial charge in [-0.05, 0) is 13.8 Å². The quantitative estimate of drug-likeness (QED) is 0.619. The molecule has 1 aromatic rings. The molecule has 0 atom stereocenters. The first kappa shape index (κ1) is 8.79. The summed E-state index contributed by atoms with van der Waals surface area (Å²) in [7, 11) is 0. The lowest BCUT2D eigenvalue weighted by atomic mass is 10.4. The van der Waals surface area contributed by atoms with Gasteiger partial charge in [0.2, 0.25) is 6.33 Å². The van der Waals surface area contributed by atoms with Gasteiger partial charge >= 0.3 is 0 Å². The SMILES string of the molecule is CC(C)n1cc[n+](CCC#N)c1. The molecule has 64 valence electrons. The Bertz CT molecular complexity index is 280. The molecule has 0 saturated heterocycles. The fraction of sp³-hybridized carbons (Fsp3) is 0.556. The first-order valence-corrected chi connectivity index (χ1v) is 4.17. The van der Waals surface area contributed by atoms with E-state index >= 15 is 0 Å². The van der Waals surface area contributed by atoms with Crippen LogP contribution in [0.3, 0.4) is 0 Å². The standard InChI is InChI=1S/C9H14N3/c1-9(2)12-7-6-11(8-12)5-3-4-10/h6-9H,3,5H2,1-2H3/q+1. The molecule has 0 aliphatic carbocycles. The molecule has 0 bridgehead atoms. The number of hydrogen-bond acceptors (Lipinski definition) is 1. The zero-order chi connectivity index (χ0) is 8.97. The molecule has 0 spiro atoms. The Hall–Kier alpha value is -1.30. The van der Waals surface area contributed by atoms with Crippen molar-refractivity contribution in [2.45, 2.75) is 32.9 Å². The summed E-state index contributed by atoms with van der Waals surface area (Å²) < 4.78 is 4.15. The smallest absolute Gasteiger partial charge is 0.236 e. The van der Waals surface area contributed by atoms with E-state index in [4.69, 9.17) is 5.26 Å². The summed E-state index contributed by atoms with van der Waals surface area (Å²) in [5.41, 5.74) is 0. The van der Waals surface area contributed by atoms with Crippen LogP contribution >= 0.6 is 0 Å². The van der Waals surface area contributed by atoms with Gasteiger partial charge in [-0.15, -0.1) is 0 Å². The van der Waals surface area contributed by atoms with Gasteiger partial charge in [0.25, 0.3) is 0 Å². The third-order valence-corrected chi connectivity index (χ3v) is 1.79. The summed E-state index contributed by atoms with van der Waals surface area (Å²) in [6.07, 6.45) is 6.63. The van der Waals surface area contributed by atoms with Crippen LogP contribution in [-0.4, -0.2) is 4.57 Å². The number of nitrogens with zero attached hydrogens (tertiary/aromatic N) is 3. The topological polar surface area (TPSA) is 32.6 Å². The molecule has 12 heavy (non-hydrogen) atoms. The first-order chi connectivity index (χ1) is 5.74. The van der Waals surface area contributed by atoms with Gasteiger partial charge in [-0.1, -0.05) is 0 Å². The first-order valence-electron chi connectivity index (χ1n) is 4.17. The fourth-order valence-corrected chi connectivity index (χ4v) is 1.03. The van der Waals surface area contributed by atoms with Crippen molar-refractivity contribution >= 4 is 0 Å². The fourth-order valence-electron chi connectivity index (χ4n) is 1.03. The lowest BCUT2D eigenvalue weighted by molar-refractivity contribution is -0.695. The lowest BCUT2D eigenvalue weighted by Crippen LogP contribution is -2.30. The molecule has 0 aromatic carbocycles. The maximum Gasteiger partial charge on any atom is 0.243 e. The van der Waals surface area contributed by atoms with Crippen LogP contribution in [0.1, 0.15) is 26.3 Å². The average molecular weight is 164 g/mol. The van der Waals surface area contributed by atoms with Crippen molar-refractivity contribution in [2.75, 3.05) is 0 Å². The maximum absolute atomic E-state index is 8.37. The molecule has 0 unspecified atom stereocenters. The van der Waals surface area contributed by atoms with Crippen molar-refractivity contribution in [3.63, 3.8) is 0 Å². The van der Waals surface area contributed by atoms with Gasteiger partial charge in [-0.3, -0.25) is 0 Å². The largest absolute Gasteiger partial charge is 0.243 e. The summed E-state index contributed by atoms with van der Waals surface area (Å²) in [5, 5.41) is 8.37. The molecule has 0 aliphatic rings. The molecule has 0 aliphatic heterocycles. The van der Waals surface area contributed by atoms with Crippen molar-refractivity contribution in [2.24, 2.45) is 0 Å². The van der Waals surface area contributed by atoms with E-state index in [0.717, 1.165) is 6.54 Å². The second-order valence-corrected chi connectivity index (χ2v) is 3.10. The number of rotatable bonds is 3. The third-order valence-electron chi connectivity index (χ3n) is 1.79. The molecule has 0 saturated carbocycles. The Morgan fingerprint density at radius 1 is 1.58 bits per heavy atom. The van der Waals surface area contributed by atoms with Crippen molar-refractivity contribution in [1.29, 1.82) is 5.26 Å². The second-order valence-electron chi connectivity index (χ2n) is 3.10. The highest BCUT2D eigenvalue weighted by molar-refractivity contribution is 4.71. The summed E-state index contributed by atoms with van der Waals surface area (Å²) in [4.78, 5) is 0. The molecule has 3 heteroatoms. The molecular weight excluding hydrogens is 150 g/mol. The van der Waals surface area contributed by atoms with E-state index in [1.54, 1.807) is 0 Å². The minimum absolute atomic E-state index is 0.494. The van der Waals surface area contributed by atoms with E-state index in [1.165, 1.54) is 0 Å². The highest BCUT2D eigenvalue weighted by atomic mass is 15.1. The molecule has 1 rings (SSSR count). The Morgan fingerprint density at radius 2 is 2.33 bits per heavy atom. The predicted molar refractivity (Wildman–Crippen MR) is 45.2 cm³/mol. The van der Waals surface area contributed by atoms with Crippen molar-refractivity contribution in [3.8, 4) is 6.07 Å². The van der Waals surface area contributed by atoms with Crippen LogP contribution in [0.15, 0.2) is 18.7 Å². The molecule has 0 radical (unpaired) electrons. The van der Waals surface area contributed by atoms with Gasteiger partial charge in [0.15, 0.2) is 0 Å². The number of aryl methyl sites for hydroxylation is 1. The van der Waals surface area contributed by atoms with E-state index in [2.05, 4.69) is 24.5 Å². The molecule has 1 aromatic heterocycles. The maximum atomic E-state index is 8.37. The van der Waals surface area contributed by atoms with E-state index in [1.807, 2.05) is 23.3 Å². The summed E-state index contributed by atoms with van der Waals surface area (Å²) >= 11 is 0. The van der Waals surface area contributed by atoms with Crippen LogP contribution in [0.4, 0.5) is 0 Å². The number of imidazole rings is 1. The van der Waals surface area contributed by atoms with Crippen LogP contribution in [0.2, 0.25) is 0 Å². The van der Waals surface area contributed by atoms with E-state index in [9.17, 15) is 0 Å². The third kappa shape index (κ3) is 2.09. The van der Waals surface area contributed by atoms with E-state index in [0.29, 0.717) is 12.5 Å². The van der Waals surface area contributed by atoms with Crippen LogP contribution in [0, 0.1) is 11.3 Å². The summed E-state index contributed by atoms with van der Waals surface area (Å²) in [6, 6.07) is 2.62. The Morgan fingerprint density at radius 3 is 2.83 bits per heavy atom. The normalized spacial score (nSPS) is 10.2. The zero-order valence-corrected chi connectivity index (χ0v) is 7.57. The van der Waals surface area contributed by atoms with Crippen molar-refractivity contribution in [3.05, 3.63) is 18.7 Å². The molecule has 0 amide bonds. The number of hydrogen-bond donors (Lipinski definition) is 0. The molecule has 3 nitrogen and oxygen atoms in total. The average Bonchev–Trinajstić information content (AvgIpc) is 2.48. The highest BCUT2D eigenvalue weighted by Crippen LogP contribution is 1.99. The zero-order valence-electron chi connectivity index (χ0n) is 7.57. The van der Waals surface area contributed by atoms with Gasteiger partial charge in [0.05, 0.1) is 18.5 Å². The predicted octanol–water partition coefficient (Wildman–Crippen LogP) is 1.27. The van der Waals surface area contributed by atoms with Gasteiger partial charge < -0.3 is 0 Å². The van der Waals surface area contributed by atoms with E-state index in [-0.39, 0.29) is 0 Å². The van der Waals surface area contributed by atoms with Crippen LogP contribution in [-0.2, 0) is 6.54 Å². The van der Waals surface area contributed by atoms with Crippen LogP contribution < -0.4 is 4.57 Å². The van der Waals surface area contributed by atoms with Crippen LogP contribution in [0.5, 0.6) is 0 Å². The van der Waals surface area contributed by atoms with Crippen LogP contribution in [0.25, 0.3) is 0 Å². The number of aromatic nitrogens is 2. The lowest BCUT2D eigenvalue weighted by Gasteiger charge is -1.96. The highest BCUT2D eigenvalue weighted by Gasteiger charge is 2.05. The summed E-state index contributed by atoms with van der Waals surface area (Å²) in [5.74, 6) is 0. The van der Waals surface area contributed by atoms with Gasteiger partial charge in [-0.25, -0.2) is 9.13 Å². The minimum Gasteiger partial charge on any atom is -0.236 e. The second kappa shape index (κ2) is 3.91. The van der Waals surface area contributed by atoms with Gasteiger partial charge in [-0.2, -0.15) is 5.26 Å². The van der Waals surface area contributed by atoms with Gasteiger partial charge in [0, 0.05) is 0 Å². The summed E-state index contributed by atoms with van der Waals surface area (Å²) in [6.45, 7) is 5.06. The Kier molecular flexibility index (Phi) is 2.87. The molecule has 1 heterocycles. The van der Waals surface area contributed by atoms with Crippen molar-refractivity contribution in [1.82, 2.24) is 4.57 Å². The molecule has 0 N–H and O–H groups in total. The molecular formula is C9H14N3+. The minimum atomic E-state index is 0.494. The van der Waals surface area contributed by atoms with Gasteiger partial charge in [0.1, 0.15) is 18.9 Å². The van der Waals surface area contributed by atoms with E-state index < -0.39 is 0 Å². The molecule has 0 fully saturated rings.